The number of para-hydroxylation sites is 1. The van der Waals surface area contributed by atoms with Crippen molar-refractivity contribution in [1.29, 1.82) is 0 Å². The Hall–Kier alpha value is -4.72. The van der Waals surface area contributed by atoms with Crippen molar-refractivity contribution >= 4 is 11.7 Å². The molecule has 1 aliphatic heterocycles. The highest BCUT2D eigenvalue weighted by Crippen LogP contribution is 2.38. The zero-order valence-electron chi connectivity index (χ0n) is 21.7. The predicted molar refractivity (Wildman–Crippen MR) is 147 cm³/mol. The second kappa shape index (κ2) is 9.63. The van der Waals surface area contributed by atoms with Crippen LogP contribution in [-0.2, 0) is 13.1 Å². The first-order chi connectivity index (χ1) is 18.5. The molecule has 8 nitrogen and oxygen atoms in total. The van der Waals surface area contributed by atoms with E-state index in [1.807, 2.05) is 79.1 Å². The van der Waals surface area contributed by atoms with E-state index < -0.39 is 0 Å². The van der Waals surface area contributed by atoms with Gasteiger partial charge in [0, 0.05) is 31.5 Å². The highest BCUT2D eigenvalue weighted by atomic mass is 16.3. The lowest BCUT2D eigenvalue weighted by molar-refractivity contribution is 0.179. The topological polar surface area (TPSA) is 71.5 Å². The first-order valence-electron chi connectivity index (χ1n) is 12.7. The summed E-state index contributed by atoms with van der Waals surface area (Å²) in [6.45, 7) is 2.72. The van der Waals surface area contributed by atoms with Crippen molar-refractivity contribution in [2.75, 3.05) is 19.0 Å². The second-order valence-corrected chi connectivity index (χ2v) is 9.69. The fraction of sp³-hybridized carbons (Fsp3) is 0.200. The molecule has 1 N–H and O–H groups in total. The molecular formula is C30H30N6O2. The molecule has 0 saturated heterocycles. The molecule has 2 aromatic carbocycles. The Morgan fingerprint density at radius 2 is 1.82 bits per heavy atom. The highest BCUT2D eigenvalue weighted by molar-refractivity contribution is 5.76. The fourth-order valence-corrected chi connectivity index (χ4v) is 5.13. The SMILES string of the molecule is Cc1nn(-c2ccccc2)c2c1CN(C(=O)NCc1ccco1)C(c1ccc(N(C)C)cc1)c1cccn1-2. The van der Waals surface area contributed by atoms with Crippen LogP contribution in [0.25, 0.3) is 11.5 Å². The Bertz CT molecular complexity index is 1550. The number of benzene rings is 2. The van der Waals surface area contributed by atoms with E-state index in [-0.39, 0.29) is 12.1 Å². The molecule has 38 heavy (non-hydrogen) atoms. The van der Waals surface area contributed by atoms with Crippen LogP contribution >= 0.6 is 0 Å². The summed E-state index contributed by atoms with van der Waals surface area (Å²) in [5.74, 6) is 1.65. The van der Waals surface area contributed by atoms with Crippen molar-refractivity contribution < 1.29 is 9.21 Å². The van der Waals surface area contributed by atoms with E-state index in [0.29, 0.717) is 18.8 Å². The molecule has 0 fully saturated rings. The lowest BCUT2D eigenvalue weighted by atomic mass is 10.0. The van der Waals surface area contributed by atoms with Gasteiger partial charge in [-0.2, -0.15) is 5.10 Å². The van der Waals surface area contributed by atoms with Crippen molar-refractivity contribution in [3.05, 3.63) is 120 Å². The maximum absolute atomic E-state index is 13.9. The molecule has 1 aliphatic rings. The number of hydrogen-bond donors (Lipinski definition) is 1. The van der Waals surface area contributed by atoms with Gasteiger partial charge in [0.1, 0.15) is 11.6 Å². The predicted octanol–water partition coefficient (Wildman–Crippen LogP) is 5.45. The standard InChI is InChI=1S/C30H30N6O2/c1-21-26-20-35(30(37)31-19-25-11-8-18-38-25)28(22-13-15-23(16-14-22)33(2)3)27-12-7-17-34(27)29(26)36(32-21)24-9-5-4-6-10-24/h4-18,28H,19-20H2,1-3H3,(H,31,37). The minimum absolute atomic E-state index is 0.171. The summed E-state index contributed by atoms with van der Waals surface area (Å²) in [6.07, 6.45) is 3.67. The maximum atomic E-state index is 13.9. The molecule has 5 aromatic rings. The molecule has 192 valence electrons. The summed E-state index contributed by atoms with van der Waals surface area (Å²) in [4.78, 5) is 17.8. The average Bonchev–Trinajstić information content (AvgIpc) is 3.67. The van der Waals surface area contributed by atoms with Crippen LogP contribution in [0.1, 0.15) is 34.3 Å². The number of amides is 2. The number of furan rings is 1. The number of aryl methyl sites for hydroxylation is 1. The van der Waals surface area contributed by atoms with Gasteiger partial charge in [0.15, 0.2) is 0 Å². The fourth-order valence-electron chi connectivity index (χ4n) is 5.13. The van der Waals surface area contributed by atoms with Crippen LogP contribution in [0.4, 0.5) is 10.5 Å². The number of fused-ring (bicyclic) bond motifs is 3. The molecule has 0 spiro atoms. The number of aromatic nitrogens is 3. The van der Waals surface area contributed by atoms with E-state index in [1.54, 1.807) is 6.26 Å². The van der Waals surface area contributed by atoms with Crippen molar-refractivity contribution in [2.24, 2.45) is 0 Å². The number of carbonyl (C=O) groups is 1. The smallest absolute Gasteiger partial charge is 0.318 e. The lowest BCUT2D eigenvalue weighted by Crippen LogP contribution is -2.41. The van der Waals surface area contributed by atoms with E-state index in [9.17, 15) is 4.79 Å². The Morgan fingerprint density at radius 3 is 2.53 bits per heavy atom. The van der Waals surface area contributed by atoms with E-state index in [4.69, 9.17) is 9.52 Å². The van der Waals surface area contributed by atoms with Gasteiger partial charge in [-0.3, -0.25) is 0 Å². The third-order valence-corrected chi connectivity index (χ3v) is 7.07. The van der Waals surface area contributed by atoms with E-state index >= 15 is 0 Å². The van der Waals surface area contributed by atoms with E-state index in [0.717, 1.165) is 39.7 Å². The third kappa shape index (κ3) is 4.14. The molecule has 0 radical (unpaired) electrons. The van der Waals surface area contributed by atoms with Crippen LogP contribution in [0, 0.1) is 6.92 Å². The molecule has 2 amide bonds. The zero-order valence-corrected chi connectivity index (χ0v) is 21.7. The molecule has 4 heterocycles. The number of nitrogens with one attached hydrogen (secondary N) is 1. The van der Waals surface area contributed by atoms with Gasteiger partial charge >= 0.3 is 6.03 Å². The lowest BCUT2D eigenvalue weighted by Gasteiger charge is -2.31. The summed E-state index contributed by atoms with van der Waals surface area (Å²) in [5.41, 5.74) is 5.99. The van der Waals surface area contributed by atoms with Gasteiger partial charge in [-0.05, 0) is 61.0 Å². The van der Waals surface area contributed by atoms with Gasteiger partial charge in [0.25, 0.3) is 0 Å². The van der Waals surface area contributed by atoms with Crippen LogP contribution in [0.15, 0.2) is 95.7 Å². The Labute approximate surface area is 221 Å². The summed E-state index contributed by atoms with van der Waals surface area (Å²) in [6, 6.07) is 25.8. The Kier molecular flexibility index (Phi) is 5.99. The summed E-state index contributed by atoms with van der Waals surface area (Å²) in [7, 11) is 4.05. The molecule has 1 atom stereocenters. The number of anilines is 1. The van der Waals surface area contributed by atoms with E-state index in [2.05, 4.69) is 51.3 Å². The molecule has 0 bridgehead atoms. The van der Waals surface area contributed by atoms with Crippen molar-refractivity contribution in [2.45, 2.75) is 26.1 Å². The first-order valence-corrected chi connectivity index (χ1v) is 12.7. The molecule has 0 aliphatic carbocycles. The summed E-state index contributed by atoms with van der Waals surface area (Å²) >= 11 is 0. The Balaban J connectivity index is 1.49. The number of carbonyl (C=O) groups excluding carboxylic acids is 1. The molecule has 1 unspecified atom stereocenters. The van der Waals surface area contributed by atoms with Gasteiger partial charge < -0.3 is 24.1 Å². The highest BCUT2D eigenvalue weighted by Gasteiger charge is 2.36. The van der Waals surface area contributed by atoms with Crippen molar-refractivity contribution in [1.82, 2.24) is 24.6 Å². The van der Waals surface area contributed by atoms with Crippen LogP contribution in [-0.4, -0.2) is 39.4 Å². The van der Waals surface area contributed by atoms with Crippen molar-refractivity contribution in [3.8, 4) is 11.5 Å². The first kappa shape index (κ1) is 23.7. The number of nitrogens with zero attached hydrogens (tertiary/aromatic N) is 5. The molecule has 8 heteroatoms. The number of hydrogen-bond acceptors (Lipinski definition) is 4. The largest absolute Gasteiger partial charge is 0.467 e. The molecular weight excluding hydrogens is 476 g/mol. The van der Waals surface area contributed by atoms with Gasteiger partial charge in [0.05, 0.1) is 42.5 Å². The van der Waals surface area contributed by atoms with Crippen molar-refractivity contribution in [3.63, 3.8) is 0 Å². The zero-order chi connectivity index (χ0) is 26.2. The van der Waals surface area contributed by atoms with E-state index in [1.165, 1.54) is 0 Å². The normalized spacial score (nSPS) is 14.5. The van der Waals surface area contributed by atoms with Crippen LogP contribution in [0.3, 0.4) is 0 Å². The summed E-state index contributed by atoms with van der Waals surface area (Å²) < 4.78 is 9.61. The minimum Gasteiger partial charge on any atom is -0.467 e. The number of rotatable bonds is 5. The third-order valence-electron chi connectivity index (χ3n) is 7.07. The molecule has 0 saturated carbocycles. The van der Waals surface area contributed by atoms with Crippen LogP contribution in [0.2, 0.25) is 0 Å². The Morgan fingerprint density at radius 1 is 1.03 bits per heavy atom. The number of urea groups is 1. The van der Waals surface area contributed by atoms with Gasteiger partial charge in [-0.25, -0.2) is 9.48 Å². The molecule has 6 rings (SSSR count). The van der Waals surface area contributed by atoms with Crippen LogP contribution in [0.5, 0.6) is 0 Å². The average molecular weight is 507 g/mol. The van der Waals surface area contributed by atoms with Crippen LogP contribution < -0.4 is 10.2 Å². The van der Waals surface area contributed by atoms with Gasteiger partial charge in [-0.1, -0.05) is 30.3 Å². The summed E-state index contributed by atoms with van der Waals surface area (Å²) in [5, 5.41) is 7.98. The second-order valence-electron chi connectivity index (χ2n) is 9.69. The maximum Gasteiger partial charge on any atom is 0.318 e. The quantitative estimate of drug-likeness (QED) is 0.344. The monoisotopic (exact) mass is 506 g/mol. The van der Waals surface area contributed by atoms with Gasteiger partial charge in [0.2, 0.25) is 0 Å². The van der Waals surface area contributed by atoms with Gasteiger partial charge in [-0.15, -0.1) is 0 Å². The minimum atomic E-state index is -0.311. The molecule has 3 aromatic heterocycles.